The number of carbonyl (C=O) groups excluding carboxylic acids is 1. The fraction of sp³-hybridized carbons (Fsp3) is 0.529. The Bertz CT molecular complexity index is 531. The first-order chi connectivity index (χ1) is 9.91. The molecule has 2 atom stereocenters. The number of rotatable bonds is 3. The quantitative estimate of drug-likeness (QED) is 0.929. The van der Waals surface area contributed by atoms with E-state index in [0.29, 0.717) is 13.2 Å². The molecule has 1 fully saturated rings. The Hall–Kier alpha value is -1.86. The normalized spacial score (nSPS) is 19.8. The fourth-order valence-corrected chi connectivity index (χ4v) is 2.37. The lowest BCUT2D eigenvalue weighted by Crippen LogP contribution is -2.33. The highest BCUT2D eigenvalue weighted by molar-refractivity contribution is 5.79. The summed E-state index contributed by atoms with van der Waals surface area (Å²) < 4.78 is 5.21. The Morgan fingerprint density at radius 1 is 1.38 bits per heavy atom. The minimum atomic E-state index is -0.605. The Labute approximate surface area is 126 Å². The van der Waals surface area contributed by atoms with Crippen LogP contribution in [0.4, 0.5) is 0 Å². The van der Waals surface area contributed by atoms with Gasteiger partial charge in [0.25, 0.3) is 0 Å². The molecule has 1 aliphatic heterocycles. The first-order valence-corrected chi connectivity index (χ1v) is 7.30. The number of benzene rings is 1. The van der Waals surface area contributed by atoms with E-state index in [1.165, 1.54) is 5.56 Å². The number of nitriles is 1. The highest BCUT2D eigenvalue weighted by Crippen LogP contribution is 2.24. The van der Waals surface area contributed by atoms with E-state index in [1.54, 1.807) is 0 Å². The highest BCUT2D eigenvalue weighted by Gasteiger charge is 2.26. The topological polar surface area (TPSA) is 62.1 Å². The molecule has 1 N–H and O–H groups in total. The van der Waals surface area contributed by atoms with Crippen LogP contribution in [0.25, 0.3) is 0 Å². The summed E-state index contributed by atoms with van der Waals surface area (Å²) in [4.78, 5) is 12.1. The van der Waals surface area contributed by atoms with E-state index in [2.05, 4.69) is 32.2 Å². The molecule has 2 rings (SSSR count). The number of nitrogens with one attached hydrogen (secondary N) is 1. The van der Waals surface area contributed by atoms with Gasteiger partial charge in [0.1, 0.15) is 6.04 Å². The molecule has 1 aromatic carbocycles. The summed E-state index contributed by atoms with van der Waals surface area (Å²) in [7, 11) is 0. The van der Waals surface area contributed by atoms with Crippen LogP contribution in [0.15, 0.2) is 24.3 Å². The van der Waals surface area contributed by atoms with Gasteiger partial charge in [-0.1, -0.05) is 45.0 Å². The number of carbonyl (C=O) groups is 1. The number of hydrogen-bond acceptors (Lipinski definition) is 3. The van der Waals surface area contributed by atoms with Crippen LogP contribution in [0.5, 0.6) is 0 Å². The molecule has 1 aromatic rings. The molecule has 4 heteroatoms. The number of hydrogen-bond donors (Lipinski definition) is 1. The summed E-state index contributed by atoms with van der Waals surface area (Å²) in [6.07, 6.45) is 0.729. The Morgan fingerprint density at radius 3 is 2.52 bits per heavy atom. The largest absolute Gasteiger partial charge is 0.381 e. The van der Waals surface area contributed by atoms with E-state index in [1.807, 2.05) is 24.3 Å². The summed E-state index contributed by atoms with van der Waals surface area (Å²) in [5, 5.41) is 12.1. The maximum Gasteiger partial charge on any atom is 0.226 e. The van der Waals surface area contributed by atoms with Gasteiger partial charge < -0.3 is 10.1 Å². The van der Waals surface area contributed by atoms with Crippen molar-refractivity contribution in [1.82, 2.24) is 5.32 Å². The summed E-state index contributed by atoms with van der Waals surface area (Å²) in [6, 6.07) is 9.42. The second-order valence-corrected chi connectivity index (χ2v) is 6.50. The highest BCUT2D eigenvalue weighted by atomic mass is 16.5. The molecule has 0 radical (unpaired) electrons. The van der Waals surface area contributed by atoms with Gasteiger partial charge in [-0.05, 0) is 23.0 Å². The molecular formula is C17H22N2O2. The molecule has 21 heavy (non-hydrogen) atoms. The van der Waals surface area contributed by atoms with Gasteiger partial charge in [-0.2, -0.15) is 5.26 Å². The molecule has 1 saturated heterocycles. The van der Waals surface area contributed by atoms with Crippen LogP contribution >= 0.6 is 0 Å². The van der Waals surface area contributed by atoms with Crippen molar-refractivity contribution in [2.24, 2.45) is 5.92 Å². The van der Waals surface area contributed by atoms with Crippen molar-refractivity contribution >= 4 is 5.91 Å². The molecule has 0 saturated carbocycles. The van der Waals surface area contributed by atoms with Gasteiger partial charge in [0, 0.05) is 6.61 Å². The van der Waals surface area contributed by atoms with Gasteiger partial charge in [-0.25, -0.2) is 0 Å². The van der Waals surface area contributed by atoms with E-state index < -0.39 is 6.04 Å². The van der Waals surface area contributed by atoms with E-state index >= 15 is 0 Å². The zero-order chi connectivity index (χ0) is 15.5. The van der Waals surface area contributed by atoms with Gasteiger partial charge >= 0.3 is 0 Å². The fourth-order valence-electron chi connectivity index (χ4n) is 2.37. The van der Waals surface area contributed by atoms with Crippen molar-refractivity contribution in [1.29, 1.82) is 5.26 Å². The first kappa shape index (κ1) is 15.5. The minimum Gasteiger partial charge on any atom is -0.381 e. The third-order valence-corrected chi connectivity index (χ3v) is 3.83. The Kier molecular flexibility index (Phi) is 4.64. The van der Waals surface area contributed by atoms with Gasteiger partial charge in [0.2, 0.25) is 5.91 Å². The SMILES string of the molecule is CC(C)(C)c1ccc([C@H](C#N)NC(=O)[C@H]2CCOC2)cc1. The molecule has 0 aromatic heterocycles. The third-order valence-electron chi connectivity index (χ3n) is 3.83. The van der Waals surface area contributed by atoms with Crippen molar-refractivity contribution in [2.45, 2.75) is 38.6 Å². The average Bonchev–Trinajstić information content (AvgIpc) is 2.98. The maximum absolute atomic E-state index is 12.1. The lowest BCUT2D eigenvalue weighted by Gasteiger charge is -2.20. The minimum absolute atomic E-state index is 0.0745. The lowest BCUT2D eigenvalue weighted by molar-refractivity contribution is -0.125. The molecule has 112 valence electrons. The van der Waals surface area contributed by atoms with Crippen molar-refractivity contribution < 1.29 is 9.53 Å². The molecule has 0 unspecified atom stereocenters. The lowest BCUT2D eigenvalue weighted by atomic mass is 9.86. The van der Waals surface area contributed by atoms with Crippen LogP contribution in [-0.4, -0.2) is 19.1 Å². The summed E-state index contributed by atoms with van der Waals surface area (Å²) in [5.41, 5.74) is 2.10. The van der Waals surface area contributed by atoms with Gasteiger partial charge in [-0.3, -0.25) is 4.79 Å². The molecule has 4 nitrogen and oxygen atoms in total. The second-order valence-electron chi connectivity index (χ2n) is 6.50. The van der Waals surface area contributed by atoms with Gasteiger partial charge in [0.15, 0.2) is 0 Å². The van der Waals surface area contributed by atoms with Crippen molar-refractivity contribution in [3.63, 3.8) is 0 Å². The molecule has 1 amide bonds. The standard InChI is InChI=1S/C17H22N2O2/c1-17(2,3)14-6-4-12(5-7-14)15(10-18)19-16(20)13-8-9-21-11-13/h4-7,13,15H,8-9,11H2,1-3H3,(H,19,20)/t13-,15-/m0/s1. The molecule has 1 heterocycles. The molecule has 0 bridgehead atoms. The summed E-state index contributed by atoms with van der Waals surface area (Å²) in [5.74, 6) is -0.228. The molecule has 1 aliphatic rings. The van der Waals surface area contributed by atoms with Gasteiger partial charge in [-0.15, -0.1) is 0 Å². The van der Waals surface area contributed by atoms with Crippen LogP contribution in [0.3, 0.4) is 0 Å². The zero-order valence-electron chi connectivity index (χ0n) is 12.8. The maximum atomic E-state index is 12.1. The zero-order valence-corrected chi connectivity index (χ0v) is 12.8. The van der Waals surface area contributed by atoms with Crippen molar-refractivity contribution in [2.75, 3.05) is 13.2 Å². The number of ether oxygens (including phenoxy) is 1. The van der Waals surface area contributed by atoms with Gasteiger partial charge in [0.05, 0.1) is 18.6 Å². The number of nitrogens with zero attached hydrogens (tertiary/aromatic N) is 1. The van der Waals surface area contributed by atoms with Crippen LogP contribution < -0.4 is 5.32 Å². The molecule has 0 spiro atoms. The monoisotopic (exact) mass is 286 g/mol. The van der Waals surface area contributed by atoms with Crippen molar-refractivity contribution in [3.8, 4) is 6.07 Å². The predicted octanol–water partition coefficient (Wildman–Crippen LogP) is 2.70. The van der Waals surface area contributed by atoms with Crippen LogP contribution in [0, 0.1) is 17.2 Å². The molecular weight excluding hydrogens is 264 g/mol. The van der Waals surface area contributed by atoms with E-state index in [9.17, 15) is 10.1 Å². The van der Waals surface area contributed by atoms with Crippen LogP contribution in [0.1, 0.15) is 44.4 Å². The smallest absolute Gasteiger partial charge is 0.226 e. The number of amides is 1. The molecule has 0 aliphatic carbocycles. The first-order valence-electron chi connectivity index (χ1n) is 7.30. The van der Waals surface area contributed by atoms with Crippen LogP contribution in [0.2, 0.25) is 0 Å². The Balaban J connectivity index is 2.07. The summed E-state index contributed by atoms with van der Waals surface area (Å²) >= 11 is 0. The predicted molar refractivity (Wildman–Crippen MR) is 80.6 cm³/mol. The van der Waals surface area contributed by atoms with E-state index in [0.717, 1.165) is 12.0 Å². The summed E-state index contributed by atoms with van der Waals surface area (Å²) in [6.45, 7) is 7.51. The Morgan fingerprint density at radius 2 is 2.05 bits per heavy atom. The average molecular weight is 286 g/mol. The van der Waals surface area contributed by atoms with Crippen molar-refractivity contribution in [3.05, 3.63) is 35.4 Å². The second kappa shape index (κ2) is 6.28. The van der Waals surface area contributed by atoms with E-state index in [4.69, 9.17) is 4.74 Å². The van der Waals surface area contributed by atoms with E-state index in [-0.39, 0.29) is 17.2 Å². The van der Waals surface area contributed by atoms with Crippen LogP contribution in [-0.2, 0) is 14.9 Å². The third kappa shape index (κ3) is 3.83.